The summed E-state index contributed by atoms with van der Waals surface area (Å²) in [6, 6.07) is 7.95. The second-order valence-electron chi connectivity index (χ2n) is 5.68. The molecule has 7 heteroatoms. The van der Waals surface area contributed by atoms with E-state index >= 15 is 0 Å². The summed E-state index contributed by atoms with van der Waals surface area (Å²) in [4.78, 5) is 26.4. The average molecular weight is 380 g/mol. The van der Waals surface area contributed by atoms with E-state index in [0.717, 1.165) is 24.6 Å². The van der Waals surface area contributed by atoms with E-state index in [1.54, 1.807) is 24.3 Å². The van der Waals surface area contributed by atoms with Crippen LogP contribution >= 0.6 is 23.4 Å². The summed E-state index contributed by atoms with van der Waals surface area (Å²) in [5, 5.41) is 0.556. The number of ketones is 1. The van der Waals surface area contributed by atoms with Crippen molar-refractivity contribution in [1.82, 2.24) is 4.90 Å². The predicted octanol–water partition coefficient (Wildman–Crippen LogP) is 3.10. The summed E-state index contributed by atoms with van der Waals surface area (Å²) in [6.07, 6.45) is 1.28. The average Bonchev–Trinajstić information content (AvgIpc) is 2.62. The van der Waals surface area contributed by atoms with E-state index in [4.69, 9.17) is 20.8 Å². The van der Waals surface area contributed by atoms with Crippen LogP contribution in [-0.2, 0) is 6.54 Å². The zero-order valence-electron chi connectivity index (χ0n) is 13.6. The van der Waals surface area contributed by atoms with Crippen molar-refractivity contribution in [2.75, 3.05) is 31.2 Å². The standard InChI is InChI=1S/C18H18ClNO4S/c19-14-3-1-13(2-4-14)17(22)11-24-18-12-23-15(9-16(18)21)10-20-5-7-25-8-6-20/h1-4,9,12H,5-8,10-11H2. The molecule has 1 aliphatic heterocycles. The van der Waals surface area contributed by atoms with Crippen LogP contribution in [0.4, 0.5) is 0 Å². The smallest absolute Gasteiger partial charge is 0.227 e. The molecule has 132 valence electrons. The van der Waals surface area contributed by atoms with E-state index < -0.39 is 0 Å². The quantitative estimate of drug-likeness (QED) is 0.719. The van der Waals surface area contributed by atoms with E-state index in [1.165, 1.54) is 12.3 Å². The molecule has 0 bridgehead atoms. The molecule has 0 N–H and O–H groups in total. The van der Waals surface area contributed by atoms with Crippen LogP contribution in [0.5, 0.6) is 5.75 Å². The van der Waals surface area contributed by atoms with Gasteiger partial charge in [0.15, 0.2) is 12.4 Å². The molecule has 2 aromatic rings. The highest BCUT2D eigenvalue weighted by molar-refractivity contribution is 7.99. The Hall–Kier alpha value is -1.76. The van der Waals surface area contributed by atoms with E-state index in [9.17, 15) is 9.59 Å². The zero-order valence-corrected chi connectivity index (χ0v) is 15.1. The molecule has 0 spiro atoms. The van der Waals surface area contributed by atoms with Crippen molar-refractivity contribution in [3.05, 3.63) is 63.2 Å². The summed E-state index contributed by atoms with van der Waals surface area (Å²) in [5.41, 5.74) is 0.199. The Labute approximate surface area is 154 Å². The SMILES string of the molecule is O=C(COc1coc(CN2CCSCC2)cc1=O)c1ccc(Cl)cc1. The van der Waals surface area contributed by atoms with Gasteiger partial charge < -0.3 is 9.15 Å². The summed E-state index contributed by atoms with van der Waals surface area (Å²) in [5.74, 6) is 2.61. The van der Waals surface area contributed by atoms with Crippen molar-refractivity contribution in [2.24, 2.45) is 0 Å². The molecule has 25 heavy (non-hydrogen) atoms. The molecule has 3 rings (SSSR count). The highest BCUT2D eigenvalue weighted by Gasteiger charge is 2.14. The molecule has 1 aromatic heterocycles. The second kappa shape index (κ2) is 8.56. The highest BCUT2D eigenvalue weighted by Crippen LogP contribution is 2.14. The molecule has 1 fully saturated rings. The van der Waals surface area contributed by atoms with Crippen LogP contribution in [0.25, 0.3) is 0 Å². The van der Waals surface area contributed by atoms with E-state index in [0.29, 0.717) is 22.9 Å². The molecule has 0 saturated carbocycles. The lowest BCUT2D eigenvalue weighted by atomic mass is 10.1. The van der Waals surface area contributed by atoms with Crippen molar-refractivity contribution in [1.29, 1.82) is 0 Å². The number of Topliss-reactive ketones (excluding diaryl/α,β-unsaturated/α-hetero) is 1. The topological polar surface area (TPSA) is 59.8 Å². The van der Waals surface area contributed by atoms with Crippen molar-refractivity contribution in [2.45, 2.75) is 6.54 Å². The predicted molar refractivity (Wildman–Crippen MR) is 98.9 cm³/mol. The van der Waals surface area contributed by atoms with Crippen LogP contribution in [-0.4, -0.2) is 41.9 Å². The van der Waals surface area contributed by atoms with Gasteiger partial charge in [0.25, 0.3) is 0 Å². The third kappa shape index (κ3) is 5.11. The molecule has 0 radical (unpaired) electrons. The van der Waals surface area contributed by atoms with E-state index in [1.807, 2.05) is 11.8 Å². The number of hydrogen-bond acceptors (Lipinski definition) is 6. The largest absolute Gasteiger partial charge is 0.478 e. The number of carbonyl (C=O) groups excluding carboxylic acids is 1. The first-order valence-corrected chi connectivity index (χ1v) is 9.48. The summed E-state index contributed by atoms with van der Waals surface area (Å²) in [6.45, 7) is 2.36. The van der Waals surface area contributed by atoms with Gasteiger partial charge in [-0.05, 0) is 24.3 Å². The molecule has 2 heterocycles. The van der Waals surface area contributed by atoms with Gasteiger partial charge >= 0.3 is 0 Å². The van der Waals surface area contributed by atoms with Crippen LogP contribution in [0.2, 0.25) is 5.02 Å². The number of nitrogens with zero attached hydrogens (tertiary/aromatic N) is 1. The fraction of sp³-hybridized carbons (Fsp3) is 0.333. The Morgan fingerprint density at radius 3 is 2.64 bits per heavy atom. The molecular weight excluding hydrogens is 362 g/mol. The first-order valence-electron chi connectivity index (χ1n) is 7.95. The first-order chi connectivity index (χ1) is 12.1. The van der Waals surface area contributed by atoms with Gasteiger partial charge in [0.1, 0.15) is 12.0 Å². The highest BCUT2D eigenvalue weighted by atomic mass is 35.5. The second-order valence-corrected chi connectivity index (χ2v) is 7.34. The van der Waals surface area contributed by atoms with Gasteiger partial charge in [0, 0.05) is 41.2 Å². The fourth-order valence-electron chi connectivity index (χ4n) is 2.47. The van der Waals surface area contributed by atoms with Crippen LogP contribution in [0, 0.1) is 0 Å². The Balaban J connectivity index is 1.58. The van der Waals surface area contributed by atoms with Gasteiger partial charge in [0.2, 0.25) is 11.2 Å². The monoisotopic (exact) mass is 379 g/mol. The number of halogens is 1. The summed E-state index contributed by atoms with van der Waals surface area (Å²) < 4.78 is 10.8. The first kappa shape index (κ1) is 18.0. The minimum atomic E-state index is -0.281. The third-order valence-corrected chi connectivity index (χ3v) is 5.05. The Kier molecular flexibility index (Phi) is 6.18. The van der Waals surface area contributed by atoms with Gasteiger partial charge in [-0.15, -0.1) is 0 Å². The molecule has 5 nitrogen and oxygen atoms in total. The van der Waals surface area contributed by atoms with Crippen LogP contribution < -0.4 is 10.2 Å². The molecule has 1 saturated heterocycles. The lowest BCUT2D eigenvalue weighted by molar-refractivity contribution is 0.0919. The van der Waals surface area contributed by atoms with Crippen molar-refractivity contribution < 1.29 is 13.9 Å². The number of thioether (sulfide) groups is 1. The van der Waals surface area contributed by atoms with Gasteiger partial charge in [-0.25, -0.2) is 0 Å². The maximum Gasteiger partial charge on any atom is 0.227 e. The fourth-order valence-corrected chi connectivity index (χ4v) is 3.57. The van der Waals surface area contributed by atoms with Gasteiger partial charge in [-0.3, -0.25) is 14.5 Å². The Morgan fingerprint density at radius 2 is 1.96 bits per heavy atom. The Bertz CT molecular complexity index is 784. The molecule has 1 aliphatic rings. The molecule has 0 atom stereocenters. The van der Waals surface area contributed by atoms with Crippen LogP contribution in [0.3, 0.4) is 0 Å². The van der Waals surface area contributed by atoms with E-state index in [-0.39, 0.29) is 23.6 Å². The van der Waals surface area contributed by atoms with Crippen LogP contribution in [0.15, 0.2) is 45.8 Å². The lowest BCUT2D eigenvalue weighted by Gasteiger charge is -2.25. The number of hydrogen-bond donors (Lipinski definition) is 0. The van der Waals surface area contributed by atoms with Crippen molar-refractivity contribution >= 4 is 29.1 Å². The molecule has 0 unspecified atom stereocenters. The minimum Gasteiger partial charge on any atom is -0.478 e. The van der Waals surface area contributed by atoms with Gasteiger partial charge in [-0.2, -0.15) is 11.8 Å². The van der Waals surface area contributed by atoms with E-state index in [2.05, 4.69) is 4.90 Å². The number of carbonyl (C=O) groups is 1. The molecule has 0 aliphatic carbocycles. The lowest BCUT2D eigenvalue weighted by Crippen LogP contribution is -2.32. The summed E-state index contributed by atoms with van der Waals surface area (Å²) >= 11 is 7.72. The van der Waals surface area contributed by atoms with Crippen LogP contribution in [0.1, 0.15) is 16.1 Å². The third-order valence-electron chi connectivity index (χ3n) is 3.86. The molecule has 1 aromatic carbocycles. The normalized spacial score (nSPS) is 15.1. The number of benzene rings is 1. The molecular formula is C18H18ClNO4S. The Morgan fingerprint density at radius 1 is 1.24 bits per heavy atom. The molecule has 0 amide bonds. The maximum atomic E-state index is 12.1. The van der Waals surface area contributed by atoms with Gasteiger partial charge in [0.05, 0.1) is 6.54 Å². The minimum absolute atomic E-state index is 0.0419. The number of rotatable bonds is 6. The summed E-state index contributed by atoms with van der Waals surface area (Å²) in [7, 11) is 0. The van der Waals surface area contributed by atoms with Crippen molar-refractivity contribution in [3.8, 4) is 5.75 Å². The zero-order chi connectivity index (χ0) is 17.6. The van der Waals surface area contributed by atoms with Gasteiger partial charge in [-0.1, -0.05) is 11.6 Å². The maximum absolute atomic E-state index is 12.1. The van der Waals surface area contributed by atoms with Crippen molar-refractivity contribution in [3.63, 3.8) is 0 Å². The number of ether oxygens (including phenoxy) is 1.